The molecule has 3 rings (SSSR count). The first kappa shape index (κ1) is 20.2. The number of nitrogens with zero attached hydrogens (tertiary/aromatic N) is 1. The topological polar surface area (TPSA) is 41.6 Å². The lowest BCUT2D eigenvalue weighted by molar-refractivity contribution is -0.150. The highest BCUT2D eigenvalue weighted by Gasteiger charge is 2.35. The molecule has 1 amide bonds. The van der Waals surface area contributed by atoms with Gasteiger partial charge in [0, 0.05) is 12.0 Å². The van der Waals surface area contributed by atoms with E-state index in [0.29, 0.717) is 25.1 Å². The van der Waals surface area contributed by atoms with E-state index < -0.39 is 0 Å². The molecular formula is C20H31ClN2O2. The van der Waals surface area contributed by atoms with Crippen LogP contribution in [0.4, 0.5) is 0 Å². The van der Waals surface area contributed by atoms with Gasteiger partial charge in [0.05, 0.1) is 19.2 Å². The number of halogens is 1. The number of ether oxygens (including phenoxy) is 1. The Kier molecular flexibility index (Phi) is 6.89. The van der Waals surface area contributed by atoms with Crippen molar-refractivity contribution in [2.75, 3.05) is 19.7 Å². The molecule has 2 aliphatic rings. The molecule has 5 heteroatoms. The van der Waals surface area contributed by atoms with Gasteiger partial charge in [0.1, 0.15) is 6.10 Å². The molecule has 0 aliphatic carbocycles. The fourth-order valence-corrected chi connectivity index (χ4v) is 3.95. The highest BCUT2D eigenvalue weighted by atomic mass is 35.5. The van der Waals surface area contributed by atoms with Crippen molar-refractivity contribution in [1.29, 1.82) is 0 Å². The van der Waals surface area contributed by atoms with Crippen molar-refractivity contribution < 1.29 is 9.53 Å². The van der Waals surface area contributed by atoms with Gasteiger partial charge in [0.2, 0.25) is 5.91 Å². The maximum Gasteiger partial charge on any atom is 0.226 e. The van der Waals surface area contributed by atoms with Gasteiger partial charge in [-0.25, -0.2) is 0 Å². The zero-order valence-corrected chi connectivity index (χ0v) is 16.6. The molecule has 2 aliphatic heterocycles. The third kappa shape index (κ3) is 4.55. The second-order valence-electron chi connectivity index (χ2n) is 7.60. The van der Waals surface area contributed by atoms with E-state index >= 15 is 0 Å². The van der Waals surface area contributed by atoms with Crippen LogP contribution in [0.1, 0.15) is 49.5 Å². The van der Waals surface area contributed by atoms with E-state index in [4.69, 9.17) is 4.74 Å². The Morgan fingerprint density at radius 1 is 1.28 bits per heavy atom. The summed E-state index contributed by atoms with van der Waals surface area (Å²) in [5.41, 5.74) is 3.70. The SMILES string of the molecule is Cc1ccc(C)c(C2CN(C(=O)[C@H]3CCN[C@@H](C)C3)C(C)CO2)c1.Cl. The number of aryl methyl sites for hydroxylation is 2. The second-order valence-corrected chi connectivity index (χ2v) is 7.60. The van der Waals surface area contributed by atoms with E-state index in [1.54, 1.807) is 0 Å². The molecule has 1 aromatic carbocycles. The van der Waals surface area contributed by atoms with Crippen molar-refractivity contribution >= 4 is 18.3 Å². The minimum atomic E-state index is -0.0100. The standard InChI is InChI=1S/C20H30N2O2.ClH/c1-13-5-6-14(2)18(9-13)19-11-22(16(4)12-24-19)20(23)17-7-8-21-15(3)10-17;/h5-6,9,15-17,19,21H,7-8,10-12H2,1-4H3;1H/t15-,16?,17-,19?;/m0./s1. The smallest absolute Gasteiger partial charge is 0.226 e. The third-order valence-corrected chi connectivity index (χ3v) is 5.47. The monoisotopic (exact) mass is 366 g/mol. The number of benzene rings is 1. The first-order valence-corrected chi connectivity index (χ1v) is 9.18. The molecule has 2 saturated heterocycles. The number of hydrogen-bond acceptors (Lipinski definition) is 3. The largest absolute Gasteiger partial charge is 0.370 e. The molecule has 2 fully saturated rings. The van der Waals surface area contributed by atoms with Crippen LogP contribution in [-0.4, -0.2) is 42.6 Å². The van der Waals surface area contributed by atoms with Gasteiger partial charge in [-0.2, -0.15) is 0 Å². The van der Waals surface area contributed by atoms with Crippen LogP contribution >= 0.6 is 12.4 Å². The van der Waals surface area contributed by atoms with Gasteiger partial charge >= 0.3 is 0 Å². The highest BCUT2D eigenvalue weighted by molar-refractivity contribution is 5.85. The molecule has 4 nitrogen and oxygen atoms in total. The van der Waals surface area contributed by atoms with Gasteiger partial charge in [-0.05, 0) is 58.2 Å². The van der Waals surface area contributed by atoms with Gasteiger partial charge < -0.3 is 15.0 Å². The summed E-state index contributed by atoms with van der Waals surface area (Å²) in [6.45, 7) is 10.7. The molecule has 0 spiro atoms. The quantitative estimate of drug-likeness (QED) is 0.872. The minimum absolute atomic E-state index is 0. The number of hydrogen-bond donors (Lipinski definition) is 1. The summed E-state index contributed by atoms with van der Waals surface area (Å²) in [5, 5.41) is 3.43. The summed E-state index contributed by atoms with van der Waals surface area (Å²) in [5.74, 6) is 0.468. The molecular weight excluding hydrogens is 336 g/mol. The van der Waals surface area contributed by atoms with Gasteiger partial charge in [-0.3, -0.25) is 4.79 Å². The summed E-state index contributed by atoms with van der Waals surface area (Å²) in [7, 11) is 0. The highest BCUT2D eigenvalue weighted by Crippen LogP contribution is 2.30. The van der Waals surface area contributed by atoms with Crippen molar-refractivity contribution in [2.45, 2.75) is 58.7 Å². The Bertz CT molecular complexity index is 607. The van der Waals surface area contributed by atoms with Crippen LogP contribution in [0.15, 0.2) is 18.2 Å². The Labute approximate surface area is 157 Å². The van der Waals surface area contributed by atoms with Gasteiger partial charge in [0.15, 0.2) is 0 Å². The molecule has 1 aromatic rings. The number of rotatable bonds is 2. The van der Waals surface area contributed by atoms with E-state index in [2.05, 4.69) is 56.1 Å². The number of morpholine rings is 1. The summed E-state index contributed by atoms with van der Waals surface area (Å²) >= 11 is 0. The molecule has 1 N–H and O–H groups in total. The fourth-order valence-electron chi connectivity index (χ4n) is 3.95. The molecule has 0 saturated carbocycles. The number of carbonyl (C=O) groups is 1. The predicted molar refractivity (Wildman–Crippen MR) is 103 cm³/mol. The second kappa shape index (κ2) is 8.52. The molecule has 25 heavy (non-hydrogen) atoms. The molecule has 2 heterocycles. The Morgan fingerprint density at radius 2 is 2.04 bits per heavy atom. The lowest BCUT2D eigenvalue weighted by Crippen LogP contribution is -2.52. The van der Waals surface area contributed by atoms with Crippen LogP contribution in [0.25, 0.3) is 0 Å². The average molecular weight is 367 g/mol. The Hall–Kier alpha value is -1.10. The van der Waals surface area contributed by atoms with Crippen molar-refractivity contribution in [2.24, 2.45) is 5.92 Å². The van der Waals surface area contributed by atoms with Crippen molar-refractivity contribution in [1.82, 2.24) is 10.2 Å². The van der Waals surface area contributed by atoms with Crippen LogP contribution in [-0.2, 0) is 9.53 Å². The van der Waals surface area contributed by atoms with Crippen LogP contribution in [0.3, 0.4) is 0 Å². The molecule has 0 aromatic heterocycles. The minimum Gasteiger partial charge on any atom is -0.370 e. The van der Waals surface area contributed by atoms with E-state index in [1.165, 1.54) is 16.7 Å². The van der Waals surface area contributed by atoms with Crippen LogP contribution in [0.2, 0.25) is 0 Å². The van der Waals surface area contributed by atoms with E-state index in [-0.39, 0.29) is 30.5 Å². The third-order valence-electron chi connectivity index (χ3n) is 5.47. The molecule has 0 radical (unpaired) electrons. The maximum absolute atomic E-state index is 13.1. The fraction of sp³-hybridized carbons (Fsp3) is 0.650. The van der Waals surface area contributed by atoms with Crippen molar-refractivity contribution in [3.63, 3.8) is 0 Å². The first-order chi connectivity index (χ1) is 11.5. The van der Waals surface area contributed by atoms with Gasteiger partial charge in [-0.1, -0.05) is 23.8 Å². The van der Waals surface area contributed by atoms with E-state index in [9.17, 15) is 4.79 Å². The normalized spacial score (nSPS) is 29.8. The maximum atomic E-state index is 13.1. The summed E-state index contributed by atoms with van der Waals surface area (Å²) in [6.07, 6.45) is 1.88. The lowest BCUT2D eigenvalue weighted by atomic mass is 9.90. The van der Waals surface area contributed by atoms with Crippen molar-refractivity contribution in [3.05, 3.63) is 34.9 Å². The average Bonchev–Trinajstić information content (AvgIpc) is 2.57. The van der Waals surface area contributed by atoms with E-state index in [0.717, 1.165) is 19.4 Å². The van der Waals surface area contributed by atoms with Crippen molar-refractivity contribution in [3.8, 4) is 0 Å². The number of piperidine rings is 1. The summed E-state index contributed by atoms with van der Waals surface area (Å²) in [6, 6.07) is 7.06. The zero-order valence-electron chi connectivity index (χ0n) is 15.7. The molecule has 140 valence electrons. The Morgan fingerprint density at radius 3 is 2.76 bits per heavy atom. The summed E-state index contributed by atoms with van der Waals surface area (Å²) < 4.78 is 6.09. The number of nitrogens with one attached hydrogen (secondary N) is 1. The molecule has 4 atom stereocenters. The van der Waals surface area contributed by atoms with Crippen LogP contribution < -0.4 is 5.32 Å². The van der Waals surface area contributed by atoms with Gasteiger partial charge in [-0.15, -0.1) is 12.4 Å². The zero-order chi connectivity index (χ0) is 17.3. The van der Waals surface area contributed by atoms with Crippen LogP contribution in [0, 0.1) is 19.8 Å². The first-order valence-electron chi connectivity index (χ1n) is 9.18. The van der Waals surface area contributed by atoms with E-state index in [1.807, 2.05) is 0 Å². The van der Waals surface area contributed by atoms with Gasteiger partial charge in [0.25, 0.3) is 0 Å². The molecule has 0 bridgehead atoms. The Balaban J connectivity index is 0.00000225. The van der Waals surface area contributed by atoms with Crippen LogP contribution in [0.5, 0.6) is 0 Å². The number of amides is 1. The summed E-state index contributed by atoms with van der Waals surface area (Å²) in [4.78, 5) is 15.1. The molecule has 2 unspecified atom stereocenters. The number of carbonyl (C=O) groups excluding carboxylic acids is 1. The lowest BCUT2D eigenvalue weighted by Gasteiger charge is -2.41. The predicted octanol–water partition coefficient (Wildman–Crippen LogP) is 3.40.